The summed E-state index contributed by atoms with van der Waals surface area (Å²) in [6.07, 6.45) is 6.77. The molecular weight excluding hydrogens is 186 g/mol. The van der Waals surface area contributed by atoms with Crippen molar-refractivity contribution in [3.8, 4) is 0 Å². The second kappa shape index (κ2) is 3.02. The SMILES string of the molecule is O=c1cccnc2c3c(ccc12)CC=C3. The standard InChI is InChI=1S/C13H9NO/c15-12-5-2-8-14-13-10-4-1-3-9(10)6-7-11(12)13/h1-2,4-8H,3H2. The summed E-state index contributed by atoms with van der Waals surface area (Å²) in [5, 5.41) is 0.699. The molecule has 2 aromatic rings. The van der Waals surface area contributed by atoms with Crippen LogP contribution in [0.4, 0.5) is 0 Å². The molecule has 1 aromatic carbocycles. The van der Waals surface area contributed by atoms with Crippen molar-refractivity contribution in [2.24, 2.45) is 0 Å². The summed E-state index contributed by atoms with van der Waals surface area (Å²) in [5.41, 5.74) is 3.20. The fraction of sp³-hybridized carbons (Fsp3) is 0.0769. The lowest BCUT2D eigenvalue weighted by Crippen LogP contribution is -1.96. The minimum Gasteiger partial charge on any atom is -0.289 e. The van der Waals surface area contributed by atoms with Crippen molar-refractivity contribution >= 4 is 17.0 Å². The summed E-state index contributed by atoms with van der Waals surface area (Å²) >= 11 is 0. The van der Waals surface area contributed by atoms with E-state index < -0.39 is 0 Å². The van der Waals surface area contributed by atoms with Gasteiger partial charge in [0.05, 0.1) is 5.52 Å². The Kier molecular flexibility index (Phi) is 1.68. The summed E-state index contributed by atoms with van der Waals surface area (Å²) < 4.78 is 0. The topological polar surface area (TPSA) is 30.0 Å². The van der Waals surface area contributed by atoms with Crippen molar-refractivity contribution in [1.29, 1.82) is 0 Å². The first-order chi connectivity index (χ1) is 7.36. The van der Waals surface area contributed by atoms with E-state index in [-0.39, 0.29) is 5.43 Å². The van der Waals surface area contributed by atoms with Crippen LogP contribution in [0.1, 0.15) is 11.1 Å². The average Bonchev–Trinajstić information content (AvgIpc) is 2.64. The molecule has 0 saturated carbocycles. The number of fused-ring (bicyclic) bond motifs is 3. The zero-order valence-electron chi connectivity index (χ0n) is 8.10. The molecule has 0 amide bonds. The van der Waals surface area contributed by atoms with Crippen LogP contribution in [-0.2, 0) is 6.42 Å². The van der Waals surface area contributed by atoms with E-state index in [4.69, 9.17) is 0 Å². The Morgan fingerprint density at radius 3 is 3.07 bits per heavy atom. The molecule has 2 heteroatoms. The van der Waals surface area contributed by atoms with Gasteiger partial charge in [-0.05, 0) is 30.2 Å². The number of hydrogen-bond donors (Lipinski definition) is 0. The number of allylic oxidation sites excluding steroid dienone is 1. The first kappa shape index (κ1) is 8.36. The van der Waals surface area contributed by atoms with Crippen LogP contribution >= 0.6 is 0 Å². The van der Waals surface area contributed by atoms with Gasteiger partial charge in [0.2, 0.25) is 0 Å². The molecule has 0 atom stereocenters. The minimum absolute atomic E-state index is 0.0330. The lowest BCUT2D eigenvalue weighted by Gasteiger charge is -1.99. The Morgan fingerprint density at radius 2 is 2.13 bits per heavy atom. The minimum atomic E-state index is 0.0330. The third-order valence-corrected chi connectivity index (χ3v) is 2.73. The quantitative estimate of drug-likeness (QED) is 0.644. The van der Waals surface area contributed by atoms with Crippen LogP contribution < -0.4 is 5.43 Å². The summed E-state index contributed by atoms with van der Waals surface area (Å²) in [7, 11) is 0. The Balaban J connectivity index is 2.58. The van der Waals surface area contributed by atoms with E-state index in [1.165, 1.54) is 5.56 Å². The van der Waals surface area contributed by atoms with Crippen LogP contribution in [0, 0.1) is 0 Å². The molecular formula is C13H9NO. The molecule has 0 fully saturated rings. The molecule has 0 aliphatic heterocycles. The van der Waals surface area contributed by atoms with Crippen molar-refractivity contribution in [2.45, 2.75) is 6.42 Å². The highest BCUT2D eigenvalue weighted by molar-refractivity contribution is 5.89. The molecule has 0 N–H and O–H groups in total. The van der Waals surface area contributed by atoms with Crippen molar-refractivity contribution < 1.29 is 0 Å². The first-order valence-corrected chi connectivity index (χ1v) is 4.94. The zero-order chi connectivity index (χ0) is 10.3. The largest absolute Gasteiger partial charge is 0.289 e. The van der Waals surface area contributed by atoms with Crippen molar-refractivity contribution in [3.63, 3.8) is 0 Å². The lowest BCUT2D eigenvalue weighted by atomic mass is 10.1. The third-order valence-electron chi connectivity index (χ3n) is 2.73. The van der Waals surface area contributed by atoms with E-state index in [0.29, 0.717) is 5.39 Å². The summed E-state index contributed by atoms with van der Waals surface area (Å²) in [6.45, 7) is 0. The van der Waals surface area contributed by atoms with Gasteiger partial charge in [0.25, 0.3) is 0 Å². The Bertz CT molecular complexity index is 629. The van der Waals surface area contributed by atoms with Crippen LogP contribution in [0.25, 0.3) is 17.0 Å². The van der Waals surface area contributed by atoms with E-state index in [9.17, 15) is 4.79 Å². The maximum absolute atomic E-state index is 11.7. The van der Waals surface area contributed by atoms with Crippen LogP contribution in [0.2, 0.25) is 0 Å². The molecule has 72 valence electrons. The molecule has 0 unspecified atom stereocenters. The molecule has 1 heterocycles. The van der Waals surface area contributed by atoms with Gasteiger partial charge in [0.1, 0.15) is 0 Å². The molecule has 0 radical (unpaired) electrons. The monoisotopic (exact) mass is 195 g/mol. The van der Waals surface area contributed by atoms with Gasteiger partial charge in [-0.1, -0.05) is 18.2 Å². The maximum Gasteiger partial charge on any atom is 0.188 e. The van der Waals surface area contributed by atoms with Gasteiger partial charge in [0, 0.05) is 17.1 Å². The number of hydrogen-bond acceptors (Lipinski definition) is 2. The highest BCUT2D eigenvalue weighted by Crippen LogP contribution is 2.24. The lowest BCUT2D eigenvalue weighted by molar-refractivity contribution is 1.31. The van der Waals surface area contributed by atoms with Crippen LogP contribution in [0.5, 0.6) is 0 Å². The third kappa shape index (κ3) is 1.18. The maximum atomic E-state index is 11.7. The molecule has 1 aromatic heterocycles. The second-order valence-corrected chi connectivity index (χ2v) is 3.64. The van der Waals surface area contributed by atoms with E-state index in [1.54, 1.807) is 18.3 Å². The molecule has 15 heavy (non-hydrogen) atoms. The number of benzene rings is 1. The van der Waals surface area contributed by atoms with Crippen molar-refractivity contribution in [3.05, 3.63) is 57.9 Å². The number of nitrogens with zero attached hydrogens (tertiary/aromatic N) is 1. The van der Waals surface area contributed by atoms with Crippen LogP contribution in [0.15, 0.2) is 41.3 Å². The van der Waals surface area contributed by atoms with Crippen LogP contribution in [-0.4, -0.2) is 4.98 Å². The van der Waals surface area contributed by atoms with Gasteiger partial charge in [-0.15, -0.1) is 0 Å². The van der Waals surface area contributed by atoms with Gasteiger partial charge in [-0.2, -0.15) is 0 Å². The predicted octanol–water partition coefficient (Wildman–Crippen LogP) is 2.16. The molecule has 0 spiro atoms. The predicted molar refractivity (Wildman–Crippen MR) is 60.8 cm³/mol. The molecule has 2 nitrogen and oxygen atoms in total. The highest BCUT2D eigenvalue weighted by Gasteiger charge is 2.10. The van der Waals surface area contributed by atoms with Gasteiger partial charge < -0.3 is 0 Å². The smallest absolute Gasteiger partial charge is 0.188 e. The molecule has 0 saturated heterocycles. The Hall–Kier alpha value is -1.96. The normalized spacial score (nSPS) is 13.1. The number of rotatable bonds is 0. The zero-order valence-corrected chi connectivity index (χ0v) is 8.10. The number of aromatic nitrogens is 1. The molecule has 3 rings (SSSR count). The van der Waals surface area contributed by atoms with Crippen molar-refractivity contribution in [2.75, 3.05) is 0 Å². The van der Waals surface area contributed by atoms with E-state index in [1.807, 2.05) is 18.2 Å². The van der Waals surface area contributed by atoms with E-state index in [0.717, 1.165) is 17.5 Å². The Morgan fingerprint density at radius 1 is 1.20 bits per heavy atom. The summed E-state index contributed by atoms with van der Waals surface area (Å²) in [6, 6.07) is 7.13. The Labute approximate surface area is 86.9 Å². The van der Waals surface area contributed by atoms with E-state index in [2.05, 4.69) is 11.1 Å². The molecule has 1 aliphatic rings. The fourth-order valence-corrected chi connectivity index (χ4v) is 1.99. The van der Waals surface area contributed by atoms with Gasteiger partial charge in [0.15, 0.2) is 5.43 Å². The van der Waals surface area contributed by atoms with Crippen molar-refractivity contribution in [1.82, 2.24) is 4.98 Å². The highest BCUT2D eigenvalue weighted by atomic mass is 16.1. The summed E-state index contributed by atoms with van der Waals surface area (Å²) in [5.74, 6) is 0. The molecule has 0 bridgehead atoms. The average molecular weight is 195 g/mol. The second-order valence-electron chi connectivity index (χ2n) is 3.64. The van der Waals surface area contributed by atoms with Crippen LogP contribution in [0.3, 0.4) is 0 Å². The van der Waals surface area contributed by atoms with Gasteiger partial charge >= 0.3 is 0 Å². The van der Waals surface area contributed by atoms with Gasteiger partial charge in [-0.3, -0.25) is 9.78 Å². The first-order valence-electron chi connectivity index (χ1n) is 4.94. The fourth-order valence-electron chi connectivity index (χ4n) is 1.99. The summed E-state index contributed by atoms with van der Waals surface area (Å²) in [4.78, 5) is 16.0. The van der Waals surface area contributed by atoms with E-state index >= 15 is 0 Å². The van der Waals surface area contributed by atoms with Gasteiger partial charge in [-0.25, -0.2) is 0 Å². The molecule has 1 aliphatic carbocycles.